The van der Waals surface area contributed by atoms with Crippen LogP contribution < -0.4 is 15.4 Å². The van der Waals surface area contributed by atoms with Gasteiger partial charge < -0.3 is 15.4 Å². The molecule has 5 heteroatoms. The van der Waals surface area contributed by atoms with Crippen LogP contribution in [-0.2, 0) is 0 Å². The average Bonchev–Trinajstić information content (AvgIpc) is 2.30. The summed E-state index contributed by atoms with van der Waals surface area (Å²) in [6, 6.07) is 7.37. The first-order valence-corrected chi connectivity index (χ1v) is 5.84. The summed E-state index contributed by atoms with van der Waals surface area (Å²) < 4.78 is 5.70. The molecule has 0 saturated carbocycles. The minimum Gasteiger partial charge on any atom is -0.489 e. The molecule has 0 fully saturated rings. The third-order valence-electron chi connectivity index (χ3n) is 2.15. The summed E-state index contributed by atoms with van der Waals surface area (Å²) in [5.74, 6) is 1.51. The minimum absolute atomic E-state index is 0.0265. The lowest BCUT2D eigenvalue weighted by Crippen LogP contribution is -2.40. The van der Waals surface area contributed by atoms with Gasteiger partial charge in [0.1, 0.15) is 11.9 Å². The predicted octanol–water partition coefficient (Wildman–Crippen LogP) is 1.90. The van der Waals surface area contributed by atoms with Crippen molar-refractivity contribution in [2.45, 2.75) is 13.0 Å². The largest absolute Gasteiger partial charge is 0.489 e. The van der Waals surface area contributed by atoms with Crippen LogP contribution in [0.25, 0.3) is 0 Å². The Bertz CT molecular complexity index is 382. The van der Waals surface area contributed by atoms with Gasteiger partial charge in [-0.1, -0.05) is 17.7 Å². The van der Waals surface area contributed by atoms with Gasteiger partial charge in [-0.15, -0.1) is 0 Å². The molecular weight excluding hydrogens is 238 g/mol. The molecule has 0 heterocycles. The van der Waals surface area contributed by atoms with Gasteiger partial charge >= 0.3 is 0 Å². The number of aliphatic imine (C=N–C) groups is 1. The van der Waals surface area contributed by atoms with Gasteiger partial charge in [0, 0.05) is 19.1 Å². The summed E-state index contributed by atoms with van der Waals surface area (Å²) in [5, 5.41) is 6.75. The Balaban J connectivity index is 2.42. The lowest BCUT2D eigenvalue weighted by atomic mass is 10.3. The molecule has 1 unspecified atom stereocenters. The monoisotopic (exact) mass is 255 g/mol. The summed E-state index contributed by atoms with van der Waals surface area (Å²) in [4.78, 5) is 4.02. The van der Waals surface area contributed by atoms with Crippen LogP contribution in [0.2, 0.25) is 5.02 Å². The van der Waals surface area contributed by atoms with Crippen molar-refractivity contribution in [2.24, 2.45) is 4.99 Å². The summed E-state index contributed by atoms with van der Waals surface area (Å²) in [6.07, 6.45) is 0.0265. The molecule has 2 N–H and O–H groups in total. The number of halogens is 1. The molecule has 94 valence electrons. The fourth-order valence-corrected chi connectivity index (χ4v) is 1.51. The van der Waals surface area contributed by atoms with Gasteiger partial charge in [0.2, 0.25) is 0 Å². The highest BCUT2D eigenvalue weighted by molar-refractivity contribution is 6.30. The highest BCUT2D eigenvalue weighted by Gasteiger charge is 2.05. The van der Waals surface area contributed by atoms with Crippen molar-refractivity contribution in [3.63, 3.8) is 0 Å². The first kappa shape index (κ1) is 13.6. The number of rotatable bonds is 4. The zero-order chi connectivity index (χ0) is 12.7. The van der Waals surface area contributed by atoms with Crippen LogP contribution >= 0.6 is 11.6 Å². The Kier molecular flexibility index (Phi) is 5.63. The maximum atomic E-state index is 5.88. The number of ether oxygens (including phenoxy) is 1. The van der Waals surface area contributed by atoms with Crippen LogP contribution in [0.3, 0.4) is 0 Å². The second-order valence-corrected chi connectivity index (χ2v) is 4.03. The summed E-state index contributed by atoms with van der Waals surface area (Å²) >= 11 is 5.88. The Hall–Kier alpha value is -1.42. The smallest absolute Gasteiger partial charge is 0.190 e. The minimum atomic E-state index is 0.0265. The van der Waals surface area contributed by atoms with Gasteiger partial charge in [0.05, 0.1) is 6.54 Å². The molecule has 0 aliphatic rings. The molecule has 0 radical (unpaired) electrons. The molecule has 17 heavy (non-hydrogen) atoms. The number of guanidine groups is 1. The SMILES string of the molecule is CN=C(NC)NCC(C)Oc1cccc(Cl)c1. The summed E-state index contributed by atoms with van der Waals surface area (Å²) in [5.41, 5.74) is 0. The fourth-order valence-electron chi connectivity index (χ4n) is 1.33. The van der Waals surface area contributed by atoms with E-state index < -0.39 is 0 Å². The maximum Gasteiger partial charge on any atom is 0.190 e. The third kappa shape index (κ3) is 4.95. The quantitative estimate of drug-likeness (QED) is 0.638. The van der Waals surface area contributed by atoms with E-state index >= 15 is 0 Å². The maximum absolute atomic E-state index is 5.88. The zero-order valence-corrected chi connectivity index (χ0v) is 11.1. The van der Waals surface area contributed by atoms with Gasteiger partial charge in [0.15, 0.2) is 5.96 Å². The number of nitrogens with one attached hydrogen (secondary N) is 2. The molecule has 0 aromatic heterocycles. The Labute approximate surface area is 107 Å². The van der Waals surface area contributed by atoms with Crippen LogP contribution in [0.4, 0.5) is 0 Å². The standard InChI is InChI=1S/C12H18ClN3O/c1-9(8-16-12(14-2)15-3)17-11-6-4-5-10(13)7-11/h4-7,9H,8H2,1-3H3,(H2,14,15,16). The van der Waals surface area contributed by atoms with Gasteiger partial charge in [-0.2, -0.15) is 0 Å². The first-order valence-electron chi connectivity index (χ1n) is 5.46. The number of benzene rings is 1. The van der Waals surface area contributed by atoms with E-state index in [-0.39, 0.29) is 6.10 Å². The topological polar surface area (TPSA) is 45.7 Å². The molecule has 0 aliphatic carbocycles. The molecule has 1 aromatic carbocycles. The second-order valence-electron chi connectivity index (χ2n) is 3.59. The van der Waals surface area contributed by atoms with Crippen molar-refractivity contribution in [1.82, 2.24) is 10.6 Å². The van der Waals surface area contributed by atoms with Crippen LogP contribution in [-0.4, -0.2) is 32.7 Å². The average molecular weight is 256 g/mol. The third-order valence-corrected chi connectivity index (χ3v) is 2.39. The molecule has 0 amide bonds. The van der Waals surface area contributed by atoms with E-state index in [1.807, 2.05) is 32.2 Å². The van der Waals surface area contributed by atoms with Crippen LogP contribution in [0, 0.1) is 0 Å². The highest BCUT2D eigenvalue weighted by atomic mass is 35.5. The Morgan fingerprint density at radius 2 is 2.29 bits per heavy atom. The normalized spacial score (nSPS) is 13.1. The van der Waals surface area contributed by atoms with Gasteiger partial charge in [-0.3, -0.25) is 4.99 Å². The molecule has 4 nitrogen and oxygen atoms in total. The molecule has 1 rings (SSSR count). The molecule has 1 atom stereocenters. The van der Waals surface area contributed by atoms with Gasteiger partial charge in [-0.05, 0) is 25.1 Å². The van der Waals surface area contributed by atoms with Crippen molar-refractivity contribution in [1.29, 1.82) is 0 Å². The van der Waals surface area contributed by atoms with Crippen molar-refractivity contribution in [3.8, 4) is 5.75 Å². The van der Waals surface area contributed by atoms with E-state index in [2.05, 4.69) is 15.6 Å². The van der Waals surface area contributed by atoms with Crippen molar-refractivity contribution >= 4 is 17.6 Å². The number of hydrogen-bond acceptors (Lipinski definition) is 2. The summed E-state index contributed by atoms with van der Waals surface area (Å²) in [6.45, 7) is 2.65. The predicted molar refractivity (Wildman–Crippen MR) is 72.0 cm³/mol. The Morgan fingerprint density at radius 3 is 2.88 bits per heavy atom. The fraction of sp³-hybridized carbons (Fsp3) is 0.417. The van der Waals surface area contributed by atoms with Crippen molar-refractivity contribution in [3.05, 3.63) is 29.3 Å². The van der Waals surface area contributed by atoms with Crippen LogP contribution in [0.1, 0.15) is 6.92 Å². The number of hydrogen-bond donors (Lipinski definition) is 2. The van der Waals surface area contributed by atoms with E-state index in [4.69, 9.17) is 16.3 Å². The van der Waals surface area contributed by atoms with E-state index in [0.29, 0.717) is 11.6 Å². The lowest BCUT2D eigenvalue weighted by Gasteiger charge is -2.16. The van der Waals surface area contributed by atoms with Gasteiger partial charge in [0.25, 0.3) is 0 Å². The molecule has 0 spiro atoms. The molecular formula is C12H18ClN3O. The Morgan fingerprint density at radius 1 is 1.53 bits per heavy atom. The van der Waals surface area contributed by atoms with Crippen LogP contribution in [0.15, 0.2) is 29.3 Å². The molecule has 0 saturated heterocycles. The summed E-state index contributed by atoms with van der Waals surface area (Å²) in [7, 11) is 3.54. The zero-order valence-electron chi connectivity index (χ0n) is 10.3. The van der Waals surface area contributed by atoms with Gasteiger partial charge in [-0.25, -0.2) is 0 Å². The van der Waals surface area contributed by atoms with E-state index in [1.165, 1.54) is 0 Å². The lowest BCUT2D eigenvalue weighted by molar-refractivity contribution is 0.224. The molecule has 1 aromatic rings. The van der Waals surface area contributed by atoms with E-state index in [9.17, 15) is 0 Å². The molecule has 0 aliphatic heterocycles. The second kappa shape index (κ2) is 7.01. The van der Waals surface area contributed by atoms with E-state index in [1.54, 1.807) is 13.1 Å². The van der Waals surface area contributed by atoms with Crippen molar-refractivity contribution < 1.29 is 4.74 Å². The molecule has 0 bridgehead atoms. The number of nitrogens with zero attached hydrogens (tertiary/aromatic N) is 1. The highest BCUT2D eigenvalue weighted by Crippen LogP contribution is 2.18. The van der Waals surface area contributed by atoms with Crippen LogP contribution in [0.5, 0.6) is 5.75 Å². The van der Waals surface area contributed by atoms with Crippen molar-refractivity contribution in [2.75, 3.05) is 20.6 Å². The first-order chi connectivity index (χ1) is 8.15. The van der Waals surface area contributed by atoms with E-state index in [0.717, 1.165) is 11.7 Å².